The number of ketones is 1. The number of thiazole rings is 1. The summed E-state index contributed by atoms with van der Waals surface area (Å²) in [5, 5.41) is 0.404. The van der Waals surface area contributed by atoms with Gasteiger partial charge in [0.05, 0.1) is 12.0 Å². The Kier molecular flexibility index (Phi) is 3.10. The highest BCUT2D eigenvalue weighted by Crippen LogP contribution is 2.32. The molecular formula is C12H12N2O2S. The van der Waals surface area contributed by atoms with Crippen molar-refractivity contribution in [2.24, 2.45) is 0 Å². The first-order valence-corrected chi connectivity index (χ1v) is 5.85. The normalized spacial score (nSPS) is 10.2. The van der Waals surface area contributed by atoms with E-state index in [2.05, 4.69) is 4.98 Å². The van der Waals surface area contributed by atoms with E-state index >= 15 is 0 Å². The van der Waals surface area contributed by atoms with Crippen LogP contribution in [0.2, 0.25) is 0 Å². The number of aromatic nitrogens is 1. The van der Waals surface area contributed by atoms with E-state index in [1.54, 1.807) is 7.11 Å². The van der Waals surface area contributed by atoms with Gasteiger partial charge in [0.2, 0.25) is 0 Å². The summed E-state index contributed by atoms with van der Waals surface area (Å²) in [5.74, 6) is 0.694. The molecule has 0 spiro atoms. The van der Waals surface area contributed by atoms with Crippen LogP contribution in [0.25, 0.3) is 10.4 Å². The topological polar surface area (TPSA) is 65.2 Å². The molecule has 0 bridgehead atoms. The van der Waals surface area contributed by atoms with Gasteiger partial charge in [0.1, 0.15) is 11.4 Å². The molecule has 0 unspecified atom stereocenters. The molecular weight excluding hydrogens is 236 g/mol. The van der Waals surface area contributed by atoms with Crippen molar-refractivity contribution in [1.82, 2.24) is 4.98 Å². The molecule has 0 aliphatic rings. The van der Waals surface area contributed by atoms with Crippen molar-refractivity contribution in [2.75, 3.05) is 12.8 Å². The van der Waals surface area contributed by atoms with Crippen molar-refractivity contribution in [2.45, 2.75) is 6.92 Å². The first-order chi connectivity index (χ1) is 8.11. The van der Waals surface area contributed by atoms with Gasteiger partial charge in [-0.3, -0.25) is 4.79 Å². The summed E-state index contributed by atoms with van der Waals surface area (Å²) in [6.45, 7) is 1.49. The Balaban J connectivity index is 2.48. The van der Waals surface area contributed by atoms with Crippen LogP contribution < -0.4 is 10.5 Å². The van der Waals surface area contributed by atoms with Crippen LogP contribution in [0.1, 0.15) is 17.4 Å². The van der Waals surface area contributed by atoms with E-state index in [1.165, 1.54) is 18.3 Å². The lowest BCUT2D eigenvalue weighted by Crippen LogP contribution is -1.95. The molecule has 0 atom stereocenters. The predicted molar refractivity (Wildman–Crippen MR) is 68.5 cm³/mol. The van der Waals surface area contributed by atoms with Gasteiger partial charge in [-0.25, -0.2) is 4.98 Å². The average Bonchev–Trinajstić information content (AvgIpc) is 2.72. The van der Waals surface area contributed by atoms with Gasteiger partial charge in [-0.15, -0.1) is 0 Å². The van der Waals surface area contributed by atoms with Crippen LogP contribution in [-0.4, -0.2) is 17.9 Å². The van der Waals surface area contributed by atoms with Crippen LogP contribution in [0.4, 0.5) is 5.13 Å². The Morgan fingerprint density at radius 2 is 2.00 bits per heavy atom. The van der Waals surface area contributed by atoms with Gasteiger partial charge in [-0.1, -0.05) is 11.3 Å². The highest BCUT2D eigenvalue weighted by Gasteiger charge is 2.15. The van der Waals surface area contributed by atoms with Crippen LogP contribution >= 0.6 is 11.3 Å². The highest BCUT2D eigenvalue weighted by molar-refractivity contribution is 7.19. The van der Waals surface area contributed by atoms with Crippen LogP contribution in [0, 0.1) is 0 Å². The van der Waals surface area contributed by atoms with Gasteiger partial charge in [-0.05, 0) is 29.8 Å². The Hall–Kier alpha value is -1.88. The SMILES string of the molecule is COc1ccc(-c2sc(N)nc2C(C)=O)cc1. The molecule has 0 fully saturated rings. The largest absolute Gasteiger partial charge is 0.497 e. The monoisotopic (exact) mass is 248 g/mol. The van der Waals surface area contributed by atoms with Gasteiger partial charge in [0, 0.05) is 6.92 Å². The number of nitrogen functional groups attached to an aromatic ring is 1. The van der Waals surface area contributed by atoms with E-state index in [9.17, 15) is 4.79 Å². The molecule has 0 aliphatic carbocycles. The molecule has 2 N–H and O–H groups in total. The van der Waals surface area contributed by atoms with Gasteiger partial charge in [-0.2, -0.15) is 0 Å². The maximum Gasteiger partial charge on any atom is 0.181 e. The molecule has 2 aromatic rings. The summed E-state index contributed by atoms with van der Waals surface area (Å²) in [7, 11) is 1.61. The van der Waals surface area contributed by atoms with Gasteiger partial charge >= 0.3 is 0 Å². The number of nitrogens with zero attached hydrogens (tertiary/aromatic N) is 1. The number of anilines is 1. The fourth-order valence-electron chi connectivity index (χ4n) is 1.51. The van der Waals surface area contributed by atoms with Crippen molar-refractivity contribution in [3.63, 3.8) is 0 Å². The van der Waals surface area contributed by atoms with Gasteiger partial charge in [0.15, 0.2) is 10.9 Å². The van der Waals surface area contributed by atoms with Crippen molar-refractivity contribution < 1.29 is 9.53 Å². The van der Waals surface area contributed by atoms with Crippen LogP contribution in [0.5, 0.6) is 5.75 Å². The molecule has 4 nitrogen and oxygen atoms in total. The third-order valence-corrected chi connectivity index (χ3v) is 3.26. The van der Waals surface area contributed by atoms with E-state index in [4.69, 9.17) is 10.5 Å². The van der Waals surface area contributed by atoms with Crippen LogP contribution in [-0.2, 0) is 0 Å². The Bertz CT molecular complexity index is 546. The predicted octanol–water partition coefficient (Wildman–Crippen LogP) is 2.60. The number of rotatable bonds is 3. The van der Waals surface area contributed by atoms with Gasteiger partial charge < -0.3 is 10.5 Å². The van der Waals surface area contributed by atoms with Crippen molar-refractivity contribution >= 4 is 22.3 Å². The number of Topliss-reactive ketones (excluding diaryl/α,β-unsaturated/α-hetero) is 1. The van der Waals surface area contributed by atoms with E-state index in [-0.39, 0.29) is 5.78 Å². The van der Waals surface area contributed by atoms with Crippen molar-refractivity contribution in [3.8, 4) is 16.2 Å². The lowest BCUT2D eigenvalue weighted by Gasteiger charge is -2.02. The minimum absolute atomic E-state index is 0.0798. The molecule has 5 heteroatoms. The number of nitrogens with two attached hydrogens (primary N) is 1. The molecule has 1 aromatic heterocycles. The van der Waals surface area contributed by atoms with E-state index in [1.807, 2.05) is 24.3 Å². The number of carbonyl (C=O) groups is 1. The fourth-order valence-corrected chi connectivity index (χ4v) is 2.40. The molecule has 2 rings (SSSR count). The summed E-state index contributed by atoms with van der Waals surface area (Å²) in [6.07, 6.45) is 0. The first kappa shape index (κ1) is 11.6. The second kappa shape index (κ2) is 4.55. The summed E-state index contributed by atoms with van der Waals surface area (Å²) >= 11 is 1.31. The number of ether oxygens (including phenoxy) is 1. The zero-order valence-electron chi connectivity index (χ0n) is 9.56. The van der Waals surface area contributed by atoms with Crippen molar-refractivity contribution in [1.29, 1.82) is 0 Å². The molecule has 1 aromatic carbocycles. The number of methoxy groups -OCH3 is 1. The van der Waals surface area contributed by atoms with Crippen LogP contribution in [0.3, 0.4) is 0 Å². The molecule has 0 radical (unpaired) electrons. The zero-order valence-corrected chi connectivity index (χ0v) is 10.4. The average molecular weight is 248 g/mol. The maximum atomic E-state index is 11.4. The first-order valence-electron chi connectivity index (χ1n) is 5.03. The summed E-state index contributed by atoms with van der Waals surface area (Å²) < 4.78 is 5.08. The summed E-state index contributed by atoms with van der Waals surface area (Å²) in [6, 6.07) is 7.46. The number of hydrogen-bond donors (Lipinski definition) is 1. The van der Waals surface area contributed by atoms with E-state index in [0.717, 1.165) is 16.2 Å². The summed E-state index contributed by atoms with van der Waals surface area (Å²) in [4.78, 5) is 16.3. The molecule has 17 heavy (non-hydrogen) atoms. The number of benzene rings is 1. The quantitative estimate of drug-likeness (QED) is 0.848. The molecule has 1 heterocycles. The van der Waals surface area contributed by atoms with Gasteiger partial charge in [0.25, 0.3) is 0 Å². The Labute approximate surface area is 103 Å². The standard InChI is InChI=1S/C12H12N2O2S/c1-7(15)10-11(17-12(13)14-10)8-3-5-9(16-2)6-4-8/h3-6H,1-2H3,(H2,13,14). The molecule has 0 saturated heterocycles. The maximum absolute atomic E-state index is 11.4. The Morgan fingerprint density at radius 1 is 1.35 bits per heavy atom. The molecule has 0 amide bonds. The van der Waals surface area contributed by atoms with Crippen LogP contribution in [0.15, 0.2) is 24.3 Å². The lowest BCUT2D eigenvalue weighted by atomic mass is 10.1. The lowest BCUT2D eigenvalue weighted by molar-refractivity contribution is 0.101. The minimum Gasteiger partial charge on any atom is -0.497 e. The molecule has 88 valence electrons. The summed E-state index contributed by atoms with van der Waals surface area (Å²) in [5.41, 5.74) is 6.99. The number of carbonyl (C=O) groups excluding carboxylic acids is 1. The van der Waals surface area contributed by atoms with E-state index < -0.39 is 0 Å². The second-order valence-electron chi connectivity index (χ2n) is 3.51. The highest BCUT2D eigenvalue weighted by atomic mass is 32.1. The minimum atomic E-state index is -0.0798. The fraction of sp³-hybridized carbons (Fsp3) is 0.167. The second-order valence-corrected chi connectivity index (χ2v) is 4.55. The zero-order chi connectivity index (χ0) is 12.4. The molecule has 0 aliphatic heterocycles. The van der Waals surface area contributed by atoms with Crippen molar-refractivity contribution in [3.05, 3.63) is 30.0 Å². The van der Waals surface area contributed by atoms with E-state index in [0.29, 0.717) is 10.8 Å². The third-order valence-electron chi connectivity index (χ3n) is 2.33. The molecule has 0 saturated carbocycles. The number of hydrogen-bond acceptors (Lipinski definition) is 5. The Morgan fingerprint density at radius 3 is 2.53 bits per heavy atom. The smallest absolute Gasteiger partial charge is 0.181 e. The third kappa shape index (κ3) is 2.29.